The van der Waals surface area contributed by atoms with Gasteiger partial charge in [-0.1, -0.05) is 115 Å². The van der Waals surface area contributed by atoms with Crippen LogP contribution in [0.4, 0.5) is 0 Å². The fourth-order valence-corrected chi connectivity index (χ4v) is 10.9. The summed E-state index contributed by atoms with van der Waals surface area (Å²) >= 11 is 1.78. The van der Waals surface area contributed by atoms with Gasteiger partial charge in [-0.15, -0.1) is 11.3 Å². The fourth-order valence-electron chi connectivity index (χ4n) is 9.77. The third-order valence-electron chi connectivity index (χ3n) is 12.7. The highest BCUT2D eigenvalue weighted by atomic mass is 32.1. The molecule has 0 aliphatic heterocycles. The van der Waals surface area contributed by atoms with Gasteiger partial charge in [-0.05, 0) is 90.0 Å². The predicted octanol–water partition coefficient (Wildman–Crippen LogP) is 15.8. The second-order valence-corrected chi connectivity index (χ2v) is 17.4. The maximum absolute atomic E-state index is 6.60. The first-order valence-electron chi connectivity index (χ1n) is 21.3. The number of aromatic nitrogens is 4. The zero-order chi connectivity index (χ0) is 41.9. The van der Waals surface area contributed by atoms with Crippen LogP contribution in [0.25, 0.3) is 137 Å². The number of furan rings is 2. The van der Waals surface area contributed by atoms with E-state index in [1.165, 1.54) is 36.6 Å². The molecule has 0 spiro atoms. The van der Waals surface area contributed by atoms with Crippen LogP contribution < -0.4 is 0 Å². The van der Waals surface area contributed by atoms with Crippen LogP contribution in [0.1, 0.15) is 0 Å². The van der Waals surface area contributed by atoms with E-state index in [-0.39, 0.29) is 0 Å². The minimum atomic E-state index is 0.562. The van der Waals surface area contributed by atoms with Crippen molar-refractivity contribution in [2.24, 2.45) is 0 Å². The van der Waals surface area contributed by atoms with Gasteiger partial charge in [0.25, 0.3) is 0 Å². The largest absolute Gasteiger partial charge is 0.456 e. The highest BCUT2D eigenvalue weighted by Gasteiger charge is 2.22. The Morgan fingerprint density at radius 1 is 0.344 bits per heavy atom. The molecule has 298 valence electrons. The Labute approximate surface area is 368 Å². The number of hydrogen-bond acceptors (Lipinski definition) is 6. The Bertz CT molecular complexity index is 4210. The molecule has 0 aliphatic carbocycles. The van der Waals surface area contributed by atoms with Crippen molar-refractivity contribution in [3.8, 4) is 51.0 Å². The van der Waals surface area contributed by atoms with Gasteiger partial charge in [0.1, 0.15) is 22.3 Å². The minimum absolute atomic E-state index is 0.562. The van der Waals surface area contributed by atoms with E-state index in [2.05, 4.69) is 162 Å². The van der Waals surface area contributed by atoms with E-state index in [1.54, 1.807) is 11.3 Å². The average Bonchev–Trinajstić information content (AvgIpc) is 4.12. The Kier molecular flexibility index (Phi) is 7.46. The zero-order valence-electron chi connectivity index (χ0n) is 34.0. The molecule has 5 heterocycles. The van der Waals surface area contributed by atoms with Crippen LogP contribution in [0, 0.1) is 0 Å². The van der Waals surface area contributed by atoms with Crippen molar-refractivity contribution in [2.45, 2.75) is 0 Å². The summed E-state index contributed by atoms with van der Waals surface area (Å²) < 4.78 is 17.7. The molecule has 0 amide bonds. The number of hydrogen-bond donors (Lipinski definition) is 0. The van der Waals surface area contributed by atoms with Gasteiger partial charge in [-0.2, -0.15) is 0 Å². The van der Waals surface area contributed by atoms with Gasteiger partial charge in [0.05, 0.1) is 11.0 Å². The van der Waals surface area contributed by atoms with E-state index in [0.717, 1.165) is 82.8 Å². The Hall–Kier alpha value is -8.39. The molecular weight excluding hydrogens is 805 g/mol. The molecule has 14 rings (SSSR count). The molecule has 7 heteroatoms. The number of nitrogens with zero attached hydrogens (tertiary/aromatic N) is 4. The van der Waals surface area contributed by atoms with Crippen LogP contribution in [-0.2, 0) is 0 Å². The highest BCUT2D eigenvalue weighted by molar-refractivity contribution is 7.25. The standard InChI is InChI=1S/C57H32N4O2S/c1-2-12-36(13-3-1)61-45-19-7-4-14-37(45)43-30-33(25-28-46(43)61)34-26-29-48-44(31-34)53-41(17-10-21-49(53)62-48)56-58-55(35-24-27-39-38-15-5-8-20-47(38)63-50(39)32-35)59-57(60-56)42-18-11-23-52-54(42)40-16-6-9-22-51(40)64-52/h1-32H. The second kappa shape index (κ2) is 13.6. The molecule has 64 heavy (non-hydrogen) atoms. The van der Waals surface area contributed by atoms with Gasteiger partial charge in [0.15, 0.2) is 17.5 Å². The van der Waals surface area contributed by atoms with Crippen molar-refractivity contribution in [3.63, 3.8) is 0 Å². The molecule has 14 aromatic rings. The third-order valence-corrected chi connectivity index (χ3v) is 13.8. The van der Waals surface area contributed by atoms with Gasteiger partial charge < -0.3 is 13.4 Å². The van der Waals surface area contributed by atoms with Crippen molar-refractivity contribution in [2.75, 3.05) is 0 Å². The molecule has 9 aromatic carbocycles. The van der Waals surface area contributed by atoms with Crippen LogP contribution in [0.2, 0.25) is 0 Å². The number of benzene rings is 9. The number of rotatable bonds is 5. The third kappa shape index (κ3) is 5.28. The summed E-state index contributed by atoms with van der Waals surface area (Å²) in [6.45, 7) is 0. The summed E-state index contributed by atoms with van der Waals surface area (Å²) in [5.41, 5.74) is 11.6. The number of para-hydroxylation sites is 3. The van der Waals surface area contributed by atoms with Crippen LogP contribution in [0.5, 0.6) is 0 Å². The molecule has 0 radical (unpaired) electrons. The smallest absolute Gasteiger partial charge is 0.164 e. The van der Waals surface area contributed by atoms with E-state index >= 15 is 0 Å². The molecule has 5 aromatic heterocycles. The monoisotopic (exact) mass is 836 g/mol. The molecular formula is C57H32N4O2S. The summed E-state index contributed by atoms with van der Waals surface area (Å²) in [6.07, 6.45) is 0. The highest BCUT2D eigenvalue weighted by Crippen LogP contribution is 2.43. The van der Waals surface area contributed by atoms with Gasteiger partial charge >= 0.3 is 0 Å². The molecule has 0 saturated heterocycles. The summed E-state index contributed by atoms with van der Waals surface area (Å²) in [5.74, 6) is 1.73. The first-order valence-corrected chi connectivity index (χ1v) is 22.1. The lowest BCUT2D eigenvalue weighted by molar-refractivity contribution is 0.668. The summed E-state index contributed by atoms with van der Waals surface area (Å²) in [6, 6.07) is 68.0. The maximum Gasteiger partial charge on any atom is 0.164 e. The normalized spacial score (nSPS) is 12.1. The van der Waals surface area contributed by atoms with Gasteiger partial charge in [-0.3, -0.25) is 0 Å². The molecule has 0 atom stereocenters. The quantitative estimate of drug-likeness (QED) is 0.173. The first-order chi connectivity index (χ1) is 31.7. The van der Waals surface area contributed by atoms with Crippen molar-refractivity contribution in [3.05, 3.63) is 194 Å². The Balaban J connectivity index is 0.977. The van der Waals surface area contributed by atoms with Crippen molar-refractivity contribution >= 4 is 97.2 Å². The molecule has 0 bridgehead atoms. The molecule has 0 unspecified atom stereocenters. The number of fused-ring (bicyclic) bond motifs is 12. The van der Waals surface area contributed by atoms with E-state index in [0.29, 0.717) is 17.5 Å². The van der Waals surface area contributed by atoms with Crippen LogP contribution in [0.3, 0.4) is 0 Å². The molecule has 0 N–H and O–H groups in total. The van der Waals surface area contributed by atoms with E-state index in [1.807, 2.05) is 36.4 Å². The summed E-state index contributed by atoms with van der Waals surface area (Å²) in [7, 11) is 0. The van der Waals surface area contributed by atoms with Gasteiger partial charge in [0, 0.05) is 74.9 Å². The second-order valence-electron chi connectivity index (χ2n) is 16.3. The minimum Gasteiger partial charge on any atom is -0.456 e. The zero-order valence-corrected chi connectivity index (χ0v) is 34.8. The number of thiophene rings is 1. The SMILES string of the molecule is c1ccc(-n2c3ccccc3c3cc(-c4ccc5oc6cccc(-c7nc(-c8ccc9c(c8)oc8ccccc89)nc(-c8cccc9sc%10ccccc%10c89)n7)c6c5c4)ccc32)cc1. The van der Waals surface area contributed by atoms with Gasteiger partial charge in [-0.25, -0.2) is 15.0 Å². The topological polar surface area (TPSA) is 69.9 Å². The lowest BCUT2D eigenvalue weighted by atomic mass is 9.99. The van der Waals surface area contributed by atoms with Crippen LogP contribution >= 0.6 is 11.3 Å². The maximum atomic E-state index is 6.60. The van der Waals surface area contributed by atoms with Crippen LogP contribution in [0.15, 0.2) is 203 Å². The molecule has 0 saturated carbocycles. The van der Waals surface area contributed by atoms with Crippen molar-refractivity contribution in [1.82, 2.24) is 19.5 Å². The Morgan fingerprint density at radius 2 is 0.938 bits per heavy atom. The molecule has 0 aliphatic rings. The summed E-state index contributed by atoms with van der Waals surface area (Å²) in [5, 5.41) is 8.82. The van der Waals surface area contributed by atoms with Crippen molar-refractivity contribution in [1.29, 1.82) is 0 Å². The molecule has 0 fully saturated rings. The van der Waals surface area contributed by atoms with E-state index in [9.17, 15) is 0 Å². The van der Waals surface area contributed by atoms with E-state index < -0.39 is 0 Å². The summed E-state index contributed by atoms with van der Waals surface area (Å²) in [4.78, 5) is 15.9. The predicted molar refractivity (Wildman–Crippen MR) is 263 cm³/mol. The Morgan fingerprint density at radius 3 is 1.81 bits per heavy atom. The van der Waals surface area contributed by atoms with Crippen LogP contribution in [-0.4, -0.2) is 19.5 Å². The average molecular weight is 837 g/mol. The lowest BCUT2D eigenvalue weighted by Crippen LogP contribution is -2.00. The first kappa shape index (κ1) is 35.2. The van der Waals surface area contributed by atoms with Gasteiger partial charge in [0.2, 0.25) is 0 Å². The molecule has 6 nitrogen and oxygen atoms in total. The van der Waals surface area contributed by atoms with E-state index in [4.69, 9.17) is 23.8 Å². The fraction of sp³-hybridized carbons (Fsp3) is 0. The lowest BCUT2D eigenvalue weighted by Gasteiger charge is -2.10. The van der Waals surface area contributed by atoms with Crippen molar-refractivity contribution < 1.29 is 8.83 Å².